The van der Waals surface area contributed by atoms with Crippen LogP contribution in [-0.4, -0.2) is 32.1 Å². The molecule has 1 N–H and O–H groups in total. The molecule has 2 aliphatic rings. The molecule has 2 fully saturated rings. The predicted molar refractivity (Wildman–Crippen MR) is 83.6 cm³/mol. The molecule has 1 aromatic rings. The summed E-state index contributed by atoms with van der Waals surface area (Å²) in [6, 6.07) is 8.41. The lowest BCUT2D eigenvalue weighted by atomic mass is 10.0. The maximum absolute atomic E-state index is 12.1. The van der Waals surface area contributed by atoms with E-state index in [0.717, 1.165) is 38.1 Å². The van der Waals surface area contributed by atoms with Crippen LogP contribution in [0, 0.1) is 11.8 Å². The van der Waals surface area contributed by atoms with Crippen LogP contribution >= 0.6 is 0 Å². The summed E-state index contributed by atoms with van der Waals surface area (Å²) in [7, 11) is 1.69. The summed E-state index contributed by atoms with van der Waals surface area (Å²) >= 11 is 0. The molecule has 1 amide bonds. The molecule has 1 aliphatic carbocycles. The molecule has 1 saturated carbocycles. The Labute approximate surface area is 126 Å². The van der Waals surface area contributed by atoms with Gasteiger partial charge in [0.2, 0.25) is 5.91 Å². The van der Waals surface area contributed by atoms with E-state index in [1.807, 2.05) is 12.1 Å². The van der Waals surface area contributed by atoms with Crippen LogP contribution in [0.25, 0.3) is 0 Å². The largest absolute Gasteiger partial charge is 0.497 e. The van der Waals surface area contributed by atoms with Crippen molar-refractivity contribution in [3.8, 4) is 5.75 Å². The van der Waals surface area contributed by atoms with Crippen LogP contribution < -0.4 is 15.0 Å². The molecular formula is C17H24N2O2. The number of anilines is 1. The maximum atomic E-state index is 12.1. The van der Waals surface area contributed by atoms with Gasteiger partial charge in [-0.05, 0) is 37.3 Å². The Morgan fingerprint density at radius 1 is 1.43 bits per heavy atom. The van der Waals surface area contributed by atoms with Gasteiger partial charge in [-0.1, -0.05) is 13.0 Å². The first kappa shape index (κ1) is 14.2. The minimum Gasteiger partial charge on any atom is -0.497 e. The van der Waals surface area contributed by atoms with Crippen molar-refractivity contribution in [3.63, 3.8) is 0 Å². The Kier molecular flexibility index (Phi) is 4.04. The first-order chi connectivity index (χ1) is 10.2. The zero-order valence-corrected chi connectivity index (χ0v) is 12.8. The summed E-state index contributed by atoms with van der Waals surface area (Å²) in [6.07, 6.45) is 3.24. The number of amides is 1. The SMILES string of the molecule is COc1cccc(N2CCC[C@H](NC(=O)[C@@H]3C[C@H]3C)C2)c1. The van der Waals surface area contributed by atoms with Crippen LogP contribution in [-0.2, 0) is 4.79 Å². The van der Waals surface area contributed by atoms with Crippen molar-refractivity contribution in [2.24, 2.45) is 11.8 Å². The van der Waals surface area contributed by atoms with Gasteiger partial charge in [-0.3, -0.25) is 4.79 Å². The van der Waals surface area contributed by atoms with Crippen molar-refractivity contribution in [1.29, 1.82) is 0 Å². The quantitative estimate of drug-likeness (QED) is 0.925. The van der Waals surface area contributed by atoms with E-state index in [9.17, 15) is 4.79 Å². The second-order valence-electron chi connectivity index (χ2n) is 6.31. The summed E-state index contributed by atoms with van der Waals surface area (Å²) in [5.74, 6) is 1.96. The smallest absolute Gasteiger partial charge is 0.223 e. The monoisotopic (exact) mass is 288 g/mol. The molecule has 0 radical (unpaired) electrons. The Morgan fingerprint density at radius 2 is 2.24 bits per heavy atom. The Hall–Kier alpha value is -1.71. The number of piperidine rings is 1. The average Bonchev–Trinajstić information content (AvgIpc) is 3.25. The fourth-order valence-electron chi connectivity index (χ4n) is 3.13. The van der Waals surface area contributed by atoms with Crippen molar-refractivity contribution in [2.75, 3.05) is 25.1 Å². The molecule has 114 valence electrons. The molecule has 1 aliphatic heterocycles. The van der Waals surface area contributed by atoms with Crippen LogP contribution in [0.1, 0.15) is 26.2 Å². The van der Waals surface area contributed by atoms with E-state index in [-0.39, 0.29) is 17.9 Å². The van der Waals surface area contributed by atoms with E-state index in [1.54, 1.807) is 7.11 Å². The number of benzene rings is 1. The van der Waals surface area contributed by atoms with Gasteiger partial charge in [-0.25, -0.2) is 0 Å². The van der Waals surface area contributed by atoms with Gasteiger partial charge in [-0.2, -0.15) is 0 Å². The number of ether oxygens (including phenoxy) is 1. The van der Waals surface area contributed by atoms with Crippen molar-refractivity contribution < 1.29 is 9.53 Å². The fourth-order valence-corrected chi connectivity index (χ4v) is 3.13. The molecule has 3 atom stereocenters. The number of rotatable bonds is 4. The molecule has 1 aromatic carbocycles. The highest BCUT2D eigenvalue weighted by molar-refractivity contribution is 5.81. The second kappa shape index (κ2) is 5.96. The van der Waals surface area contributed by atoms with E-state index < -0.39 is 0 Å². The van der Waals surface area contributed by atoms with E-state index in [0.29, 0.717) is 5.92 Å². The average molecular weight is 288 g/mol. The first-order valence-electron chi connectivity index (χ1n) is 7.86. The zero-order chi connectivity index (χ0) is 14.8. The van der Waals surface area contributed by atoms with Crippen LogP contribution in [0.15, 0.2) is 24.3 Å². The molecule has 0 unspecified atom stereocenters. The summed E-state index contributed by atoms with van der Waals surface area (Å²) in [5.41, 5.74) is 1.17. The van der Waals surface area contributed by atoms with Gasteiger partial charge in [0.1, 0.15) is 5.75 Å². The fraction of sp³-hybridized carbons (Fsp3) is 0.588. The molecule has 4 heteroatoms. The third-order valence-corrected chi connectivity index (χ3v) is 4.63. The zero-order valence-electron chi connectivity index (χ0n) is 12.8. The highest BCUT2D eigenvalue weighted by Crippen LogP contribution is 2.38. The van der Waals surface area contributed by atoms with Crippen molar-refractivity contribution in [1.82, 2.24) is 5.32 Å². The molecule has 21 heavy (non-hydrogen) atoms. The Balaban J connectivity index is 1.61. The number of nitrogens with zero attached hydrogens (tertiary/aromatic N) is 1. The predicted octanol–water partition coefficient (Wildman–Crippen LogP) is 2.44. The Morgan fingerprint density at radius 3 is 2.95 bits per heavy atom. The third kappa shape index (κ3) is 3.31. The van der Waals surface area contributed by atoms with Crippen LogP contribution in [0.2, 0.25) is 0 Å². The number of nitrogens with one attached hydrogen (secondary N) is 1. The van der Waals surface area contributed by atoms with E-state index in [4.69, 9.17) is 4.74 Å². The lowest BCUT2D eigenvalue weighted by Gasteiger charge is -2.35. The standard InChI is InChI=1S/C17H24N2O2/c1-12-9-16(12)17(20)18-13-5-4-8-19(11-13)14-6-3-7-15(10-14)21-2/h3,6-7,10,12-13,16H,4-5,8-9,11H2,1-2H3,(H,18,20)/t12-,13+,16-/m1/s1. The van der Waals surface area contributed by atoms with E-state index in [2.05, 4.69) is 29.3 Å². The number of carbonyl (C=O) groups is 1. The normalized spacial score (nSPS) is 28.1. The van der Waals surface area contributed by atoms with Crippen molar-refractivity contribution >= 4 is 11.6 Å². The van der Waals surface area contributed by atoms with Crippen molar-refractivity contribution in [2.45, 2.75) is 32.2 Å². The highest BCUT2D eigenvalue weighted by Gasteiger charge is 2.40. The van der Waals surface area contributed by atoms with Gasteiger partial charge in [0, 0.05) is 36.8 Å². The molecule has 0 spiro atoms. The molecule has 4 nitrogen and oxygen atoms in total. The van der Waals surface area contributed by atoms with Gasteiger partial charge in [-0.15, -0.1) is 0 Å². The lowest BCUT2D eigenvalue weighted by Crippen LogP contribution is -2.48. The summed E-state index contributed by atoms with van der Waals surface area (Å²) in [6.45, 7) is 4.08. The number of carbonyl (C=O) groups excluding carboxylic acids is 1. The second-order valence-corrected chi connectivity index (χ2v) is 6.31. The van der Waals surface area contributed by atoms with Crippen LogP contribution in [0.4, 0.5) is 5.69 Å². The molecular weight excluding hydrogens is 264 g/mol. The molecule has 3 rings (SSSR count). The number of hydrogen-bond acceptors (Lipinski definition) is 3. The topological polar surface area (TPSA) is 41.6 Å². The minimum atomic E-state index is 0.250. The van der Waals surface area contributed by atoms with Crippen molar-refractivity contribution in [3.05, 3.63) is 24.3 Å². The van der Waals surface area contributed by atoms with Gasteiger partial charge in [0.15, 0.2) is 0 Å². The molecule has 0 aromatic heterocycles. The molecule has 1 heterocycles. The molecule has 0 bridgehead atoms. The summed E-state index contributed by atoms with van der Waals surface area (Å²) in [4.78, 5) is 14.4. The van der Waals surface area contributed by atoms with Gasteiger partial charge in [0.25, 0.3) is 0 Å². The first-order valence-corrected chi connectivity index (χ1v) is 7.86. The van der Waals surface area contributed by atoms with Gasteiger partial charge in [0.05, 0.1) is 7.11 Å². The third-order valence-electron chi connectivity index (χ3n) is 4.63. The Bertz CT molecular complexity index is 517. The van der Waals surface area contributed by atoms with Gasteiger partial charge < -0.3 is 15.0 Å². The van der Waals surface area contributed by atoms with Gasteiger partial charge >= 0.3 is 0 Å². The highest BCUT2D eigenvalue weighted by atomic mass is 16.5. The minimum absolute atomic E-state index is 0.250. The number of methoxy groups -OCH3 is 1. The lowest BCUT2D eigenvalue weighted by molar-refractivity contribution is -0.123. The number of hydrogen-bond donors (Lipinski definition) is 1. The van der Waals surface area contributed by atoms with E-state index in [1.165, 1.54) is 5.69 Å². The summed E-state index contributed by atoms with van der Waals surface area (Å²) < 4.78 is 5.29. The molecule has 1 saturated heterocycles. The van der Waals surface area contributed by atoms with Crippen LogP contribution in [0.3, 0.4) is 0 Å². The van der Waals surface area contributed by atoms with Crippen LogP contribution in [0.5, 0.6) is 5.75 Å². The maximum Gasteiger partial charge on any atom is 0.223 e. The summed E-state index contributed by atoms with van der Waals surface area (Å²) in [5, 5.41) is 3.23. The van der Waals surface area contributed by atoms with E-state index >= 15 is 0 Å².